The van der Waals surface area contributed by atoms with Crippen LogP contribution in [0.3, 0.4) is 0 Å². The summed E-state index contributed by atoms with van der Waals surface area (Å²) in [6.07, 6.45) is 0.878. The van der Waals surface area contributed by atoms with E-state index in [1.807, 2.05) is 20.8 Å². The molecular formula is C20H26N2O4S. The summed E-state index contributed by atoms with van der Waals surface area (Å²) < 4.78 is 32.9. The zero-order chi connectivity index (χ0) is 19.9. The summed E-state index contributed by atoms with van der Waals surface area (Å²) in [7, 11) is -3.70. The number of nitrogens with one attached hydrogen (secondary N) is 2. The van der Waals surface area contributed by atoms with Gasteiger partial charge in [-0.3, -0.25) is 9.52 Å². The second-order valence-corrected chi connectivity index (χ2v) is 8.21. The highest BCUT2D eigenvalue weighted by Crippen LogP contribution is 2.17. The summed E-state index contributed by atoms with van der Waals surface area (Å²) in [5.74, 6) is -0.254. The lowest BCUT2D eigenvalue weighted by atomic mass is 10.2. The smallest absolute Gasteiger partial charge is 0.261 e. The molecule has 2 aromatic carbocycles. The molecule has 1 amide bonds. The summed E-state index contributed by atoms with van der Waals surface area (Å²) in [6, 6.07) is 13.0. The number of ether oxygens (including phenoxy) is 1. The number of amides is 1. The van der Waals surface area contributed by atoms with Crippen molar-refractivity contribution in [3.63, 3.8) is 0 Å². The molecule has 2 rings (SSSR count). The van der Waals surface area contributed by atoms with Crippen LogP contribution < -0.4 is 10.0 Å². The number of carbonyl (C=O) groups excluding carboxylic acids is 1. The van der Waals surface area contributed by atoms with Crippen molar-refractivity contribution in [2.45, 2.75) is 38.2 Å². The molecule has 0 fully saturated rings. The van der Waals surface area contributed by atoms with Crippen molar-refractivity contribution >= 4 is 21.6 Å². The first-order valence-electron chi connectivity index (χ1n) is 8.87. The second kappa shape index (κ2) is 9.53. The van der Waals surface area contributed by atoms with Crippen LogP contribution in [0.5, 0.6) is 0 Å². The SMILES string of the molecule is Cc1ccc(S(=O)(=O)Nc2cccc(C(=O)NCCCOC(C)C)c2)cc1. The number of anilines is 1. The van der Waals surface area contributed by atoms with Gasteiger partial charge >= 0.3 is 0 Å². The van der Waals surface area contributed by atoms with Crippen molar-refractivity contribution in [1.82, 2.24) is 5.32 Å². The molecule has 0 aromatic heterocycles. The minimum absolute atomic E-state index is 0.166. The Bertz CT molecular complexity index is 862. The zero-order valence-electron chi connectivity index (χ0n) is 15.9. The largest absolute Gasteiger partial charge is 0.379 e. The number of carbonyl (C=O) groups is 1. The van der Waals surface area contributed by atoms with Crippen LogP contribution in [0.25, 0.3) is 0 Å². The number of hydrogen-bond acceptors (Lipinski definition) is 4. The van der Waals surface area contributed by atoms with Crippen molar-refractivity contribution in [2.24, 2.45) is 0 Å². The number of aryl methyl sites for hydroxylation is 1. The molecule has 2 aromatic rings. The molecule has 0 saturated carbocycles. The molecule has 6 nitrogen and oxygen atoms in total. The van der Waals surface area contributed by atoms with Gasteiger partial charge < -0.3 is 10.1 Å². The second-order valence-electron chi connectivity index (χ2n) is 6.53. The summed E-state index contributed by atoms with van der Waals surface area (Å²) in [5.41, 5.74) is 1.71. The molecule has 0 heterocycles. The van der Waals surface area contributed by atoms with Crippen molar-refractivity contribution < 1.29 is 17.9 Å². The molecule has 0 aliphatic heterocycles. The highest BCUT2D eigenvalue weighted by Gasteiger charge is 2.15. The van der Waals surface area contributed by atoms with Crippen molar-refractivity contribution in [2.75, 3.05) is 17.9 Å². The maximum Gasteiger partial charge on any atom is 0.261 e. The van der Waals surface area contributed by atoms with Crippen LogP contribution in [-0.4, -0.2) is 33.6 Å². The monoisotopic (exact) mass is 390 g/mol. The number of rotatable bonds is 9. The quantitative estimate of drug-likeness (QED) is 0.643. The van der Waals surface area contributed by atoms with E-state index < -0.39 is 10.0 Å². The Morgan fingerprint density at radius 3 is 2.48 bits per heavy atom. The van der Waals surface area contributed by atoms with Gasteiger partial charge in [-0.05, 0) is 57.5 Å². The number of benzene rings is 2. The number of hydrogen-bond donors (Lipinski definition) is 2. The van der Waals surface area contributed by atoms with Crippen LogP contribution in [0.1, 0.15) is 36.2 Å². The molecule has 7 heteroatoms. The van der Waals surface area contributed by atoms with E-state index in [0.29, 0.717) is 30.8 Å². The lowest BCUT2D eigenvalue weighted by Crippen LogP contribution is -2.25. The van der Waals surface area contributed by atoms with Gasteiger partial charge in [-0.2, -0.15) is 0 Å². The average Bonchev–Trinajstić information content (AvgIpc) is 2.61. The summed E-state index contributed by atoms with van der Waals surface area (Å²) in [6.45, 7) is 6.88. The van der Waals surface area contributed by atoms with Crippen LogP contribution in [-0.2, 0) is 14.8 Å². The van der Waals surface area contributed by atoms with Crippen molar-refractivity contribution in [3.05, 3.63) is 59.7 Å². The molecule has 0 saturated heterocycles. The van der Waals surface area contributed by atoms with Crippen LogP contribution in [0.2, 0.25) is 0 Å². The van der Waals surface area contributed by atoms with Gasteiger partial charge in [0.25, 0.3) is 15.9 Å². The topological polar surface area (TPSA) is 84.5 Å². The molecule has 0 aliphatic rings. The van der Waals surface area contributed by atoms with Gasteiger partial charge in [-0.1, -0.05) is 23.8 Å². The Labute approximate surface area is 161 Å². The van der Waals surface area contributed by atoms with Gasteiger partial charge in [-0.25, -0.2) is 8.42 Å². The van der Waals surface area contributed by atoms with Crippen molar-refractivity contribution in [3.8, 4) is 0 Å². The highest BCUT2D eigenvalue weighted by molar-refractivity contribution is 7.92. The predicted octanol–water partition coefficient (Wildman–Crippen LogP) is 3.34. The third kappa shape index (κ3) is 6.69. The Balaban J connectivity index is 1.98. The fraction of sp³-hybridized carbons (Fsp3) is 0.350. The minimum atomic E-state index is -3.70. The van der Waals surface area contributed by atoms with E-state index in [1.54, 1.807) is 42.5 Å². The zero-order valence-corrected chi connectivity index (χ0v) is 16.7. The van der Waals surface area contributed by atoms with E-state index in [2.05, 4.69) is 10.0 Å². The van der Waals surface area contributed by atoms with Crippen LogP contribution in [0, 0.1) is 6.92 Å². The van der Waals surface area contributed by atoms with Gasteiger partial charge in [-0.15, -0.1) is 0 Å². The molecule has 0 aliphatic carbocycles. The maximum absolute atomic E-state index is 12.5. The van der Waals surface area contributed by atoms with E-state index in [4.69, 9.17) is 4.74 Å². The van der Waals surface area contributed by atoms with Crippen LogP contribution >= 0.6 is 0 Å². The molecule has 0 atom stereocenters. The Morgan fingerprint density at radius 1 is 1.11 bits per heavy atom. The number of sulfonamides is 1. The summed E-state index contributed by atoms with van der Waals surface area (Å²) in [5, 5.41) is 2.80. The maximum atomic E-state index is 12.5. The summed E-state index contributed by atoms with van der Waals surface area (Å²) in [4.78, 5) is 12.4. The van der Waals surface area contributed by atoms with Gasteiger partial charge in [0.05, 0.1) is 11.0 Å². The van der Waals surface area contributed by atoms with E-state index in [9.17, 15) is 13.2 Å². The third-order valence-corrected chi connectivity index (χ3v) is 5.16. The molecule has 0 bridgehead atoms. The van der Waals surface area contributed by atoms with Gasteiger partial charge in [0.1, 0.15) is 0 Å². The Hall–Kier alpha value is -2.38. The van der Waals surface area contributed by atoms with E-state index in [0.717, 1.165) is 5.56 Å². The summed E-state index contributed by atoms with van der Waals surface area (Å²) >= 11 is 0. The molecule has 2 N–H and O–H groups in total. The highest BCUT2D eigenvalue weighted by atomic mass is 32.2. The first kappa shape index (κ1) is 20.9. The van der Waals surface area contributed by atoms with Crippen molar-refractivity contribution in [1.29, 1.82) is 0 Å². The first-order chi connectivity index (χ1) is 12.8. The molecular weight excluding hydrogens is 364 g/mol. The average molecular weight is 391 g/mol. The van der Waals surface area contributed by atoms with Gasteiger partial charge in [0.2, 0.25) is 0 Å². The first-order valence-corrected chi connectivity index (χ1v) is 10.4. The lowest BCUT2D eigenvalue weighted by Gasteiger charge is -2.11. The predicted molar refractivity (Wildman–Crippen MR) is 106 cm³/mol. The van der Waals surface area contributed by atoms with E-state index >= 15 is 0 Å². The van der Waals surface area contributed by atoms with E-state index in [1.165, 1.54) is 6.07 Å². The Kier molecular flexibility index (Phi) is 7.38. The molecule has 0 spiro atoms. The molecule has 146 valence electrons. The Morgan fingerprint density at radius 2 is 1.81 bits per heavy atom. The van der Waals surface area contributed by atoms with Crippen LogP contribution in [0.4, 0.5) is 5.69 Å². The van der Waals surface area contributed by atoms with E-state index in [-0.39, 0.29) is 16.9 Å². The third-order valence-electron chi connectivity index (χ3n) is 3.77. The fourth-order valence-electron chi connectivity index (χ4n) is 2.35. The molecule has 0 radical (unpaired) electrons. The van der Waals surface area contributed by atoms with Crippen LogP contribution in [0.15, 0.2) is 53.4 Å². The lowest BCUT2D eigenvalue weighted by molar-refractivity contribution is 0.0757. The normalized spacial score (nSPS) is 11.4. The van der Waals surface area contributed by atoms with Gasteiger partial charge in [0, 0.05) is 24.4 Å². The molecule has 27 heavy (non-hydrogen) atoms. The van der Waals surface area contributed by atoms with Gasteiger partial charge in [0.15, 0.2) is 0 Å². The fourth-order valence-corrected chi connectivity index (χ4v) is 3.40. The molecule has 0 unspecified atom stereocenters. The standard InChI is InChI=1S/C20H26N2O4S/c1-15(2)26-13-5-12-21-20(23)17-6-4-7-18(14-17)22-27(24,25)19-10-8-16(3)9-11-19/h4,6-11,14-15,22H,5,12-13H2,1-3H3,(H,21,23). The minimum Gasteiger partial charge on any atom is -0.379 e.